The van der Waals surface area contributed by atoms with Crippen LogP contribution in [0.4, 0.5) is 29.2 Å². The molecule has 0 fully saturated rings. The molecular formula is C25H23N7O4. The minimum absolute atomic E-state index is 0.214. The minimum Gasteiger partial charge on any atom is -0.493 e. The predicted molar refractivity (Wildman–Crippen MR) is 137 cm³/mol. The lowest BCUT2D eigenvalue weighted by atomic mass is 10.2. The van der Waals surface area contributed by atoms with Gasteiger partial charge in [0.2, 0.25) is 17.8 Å². The quantitative estimate of drug-likeness (QED) is 0.180. The number of ether oxygens (including phenoxy) is 2. The van der Waals surface area contributed by atoms with Gasteiger partial charge < -0.3 is 25.2 Å². The Morgan fingerprint density at radius 1 is 0.861 bits per heavy atom. The van der Waals surface area contributed by atoms with E-state index in [2.05, 4.69) is 36.1 Å². The number of methoxy groups -OCH3 is 1. The number of benzene rings is 3. The van der Waals surface area contributed by atoms with Gasteiger partial charge in [-0.1, -0.05) is 36.4 Å². The largest absolute Gasteiger partial charge is 0.493 e. The van der Waals surface area contributed by atoms with E-state index in [0.717, 1.165) is 11.4 Å². The second kappa shape index (κ2) is 11.8. The number of carbonyl (C=O) groups is 1. The molecule has 11 nitrogen and oxygen atoms in total. The van der Waals surface area contributed by atoms with Gasteiger partial charge in [-0.15, -0.1) is 0 Å². The number of aliphatic carboxylic acids is 1. The van der Waals surface area contributed by atoms with Crippen LogP contribution in [-0.2, 0) is 4.79 Å². The third kappa shape index (κ3) is 6.90. The Bertz CT molecular complexity index is 1280. The van der Waals surface area contributed by atoms with E-state index in [9.17, 15) is 4.79 Å². The Kier molecular flexibility index (Phi) is 7.84. The van der Waals surface area contributed by atoms with E-state index in [1.165, 1.54) is 7.11 Å². The van der Waals surface area contributed by atoms with Crippen LogP contribution in [0.3, 0.4) is 0 Å². The number of rotatable bonds is 11. The number of para-hydroxylation sites is 2. The smallest absolute Gasteiger partial charge is 0.341 e. The summed E-state index contributed by atoms with van der Waals surface area (Å²) < 4.78 is 10.5. The first kappa shape index (κ1) is 24.0. The monoisotopic (exact) mass is 485 g/mol. The average Bonchev–Trinajstić information content (AvgIpc) is 2.89. The van der Waals surface area contributed by atoms with Crippen molar-refractivity contribution in [2.24, 2.45) is 5.10 Å². The summed E-state index contributed by atoms with van der Waals surface area (Å²) in [4.78, 5) is 24.0. The van der Waals surface area contributed by atoms with E-state index in [1.807, 2.05) is 60.7 Å². The van der Waals surface area contributed by atoms with Crippen LogP contribution in [-0.4, -0.2) is 46.0 Å². The number of anilines is 5. The SMILES string of the molecule is COc1cc(C=NNc2nc(Nc3ccccc3)nc(Nc3ccccc3)n2)ccc1OCC(=O)O. The number of hydrogen-bond acceptors (Lipinski definition) is 10. The first-order valence-electron chi connectivity index (χ1n) is 10.8. The fraction of sp³-hybridized carbons (Fsp3) is 0.0800. The summed E-state index contributed by atoms with van der Waals surface area (Å²) in [7, 11) is 1.47. The molecule has 4 rings (SSSR count). The lowest BCUT2D eigenvalue weighted by Crippen LogP contribution is -2.10. The molecule has 0 aliphatic carbocycles. The molecule has 1 heterocycles. The Labute approximate surface area is 206 Å². The number of carboxylic acids is 1. The highest BCUT2D eigenvalue weighted by atomic mass is 16.5. The number of aromatic nitrogens is 3. The molecule has 0 saturated carbocycles. The third-order valence-corrected chi connectivity index (χ3v) is 4.61. The molecule has 0 atom stereocenters. The molecule has 3 aromatic carbocycles. The summed E-state index contributed by atoms with van der Waals surface area (Å²) in [6.07, 6.45) is 1.54. The van der Waals surface area contributed by atoms with Crippen molar-refractivity contribution >= 4 is 41.4 Å². The molecule has 182 valence electrons. The summed E-state index contributed by atoms with van der Waals surface area (Å²) in [5.41, 5.74) is 5.14. The molecule has 0 aliphatic heterocycles. The summed E-state index contributed by atoms with van der Waals surface area (Å²) in [5.74, 6) is 0.487. The molecule has 4 N–H and O–H groups in total. The molecule has 4 aromatic rings. The maximum absolute atomic E-state index is 10.7. The van der Waals surface area contributed by atoms with E-state index in [1.54, 1.807) is 24.4 Å². The minimum atomic E-state index is -1.08. The Hall–Kier alpha value is -5.19. The van der Waals surface area contributed by atoms with Gasteiger partial charge in [-0.25, -0.2) is 10.2 Å². The van der Waals surface area contributed by atoms with E-state index in [-0.39, 0.29) is 5.95 Å². The molecule has 0 aliphatic rings. The highest BCUT2D eigenvalue weighted by molar-refractivity contribution is 5.81. The van der Waals surface area contributed by atoms with Gasteiger partial charge >= 0.3 is 5.97 Å². The number of hydrogen-bond donors (Lipinski definition) is 4. The van der Waals surface area contributed by atoms with Gasteiger partial charge in [0.05, 0.1) is 13.3 Å². The summed E-state index contributed by atoms with van der Waals surface area (Å²) in [6.45, 7) is -0.469. The topological polar surface area (TPSA) is 143 Å². The fourth-order valence-corrected chi connectivity index (χ4v) is 3.03. The van der Waals surface area contributed by atoms with Crippen LogP contribution in [0.15, 0.2) is 84.0 Å². The van der Waals surface area contributed by atoms with Crippen molar-refractivity contribution in [2.75, 3.05) is 29.8 Å². The Morgan fingerprint density at radius 2 is 1.44 bits per heavy atom. The van der Waals surface area contributed by atoms with Gasteiger partial charge in [-0.3, -0.25) is 0 Å². The van der Waals surface area contributed by atoms with Crippen LogP contribution in [0.5, 0.6) is 11.5 Å². The second-order valence-electron chi connectivity index (χ2n) is 7.25. The zero-order valence-corrected chi connectivity index (χ0v) is 19.3. The van der Waals surface area contributed by atoms with Gasteiger partial charge in [0.15, 0.2) is 18.1 Å². The standard InChI is InChI=1S/C25H23N7O4/c1-35-21-14-17(12-13-20(21)36-16-22(33)34)15-26-32-25-30-23(27-18-8-4-2-5-9-18)29-24(31-25)28-19-10-6-3-7-11-19/h2-15H,16H2,1H3,(H,33,34)(H3,27,28,29,30,31,32). The van der Waals surface area contributed by atoms with Gasteiger partial charge in [-0.2, -0.15) is 20.1 Å². The molecule has 36 heavy (non-hydrogen) atoms. The fourth-order valence-electron chi connectivity index (χ4n) is 3.03. The van der Waals surface area contributed by atoms with E-state index >= 15 is 0 Å². The van der Waals surface area contributed by atoms with Gasteiger partial charge in [0.25, 0.3) is 0 Å². The summed E-state index contributed by atoms with van der Waals surface area (Å²) >= 11 is 0. The predicted octanol–water partition coefficient (Wildman–Crippen LogP) is 4.28. The molecule has 0 bridgehead atoms. The summed E-state index contributed by atoms with van der Waals surface area (Å²) in [5, 5.41) is 19.3. The maximum atomic E-state index is 10.7. The van der Waals surface area contributed by atoms with Crippen molar-refractivity contribution in [1.82, 2.24) is 15.0 Å². The summed E-state index contributed by atoms with van der Waals surface area (Å²) in [6, 6.07) is 24.0. The van der Waals surface area contributed by atoms with Gasteiger partial charge in [0.1, 0.15) is 0 Å². The van der Waals surface area contributed by atoms with Crippen molar-refractivity contribution < 1.29 is 19.4 Å². The number of carboxylic acid groups (broad SMARTS) is 1. The molecule has 11 heteroatoms. The van der Waals surface area contributed by atoms with Crippen LogP contribution in [0.25, 0.3) is 0 Å². The average molecular weight is 486 g/mol. The number of hydrazone groups is 1. The molecule has 1 aromatic heterocycles. The normalized spacial score (nSPS) is 10.6. The van der Waals surface area contributed by atoms with Gasteiger partial charge in [-0.05, 0) is 48.0 Å². The van der Waals surface area contributed by atoms with Crippen LogP contribution in [0.1, 0.15) is 5.56 Å². The lowest BCUT2D eigenvalue weighted by molar-refractivity contribution is -0.139. The van der Waals surface area contributed by atoms with Crippen molar-refractivity contribution in [3.8, 4) is 11.5 Å². The third-order valence-electron chi connectivity index (χ3n) is 4.61. The van der Waals surface area contributed by atoms with Gasteiger partial charge in [0, 0.05) is 11.4 Å². The highest BCUT2D eigenvalue weighted by Gasteiger charge is 2.09. The zero-order chi connectivity index (χ0) is 25.2. The molecular weight excluding hydrogens is 462 g/mol. The lowest BCUT2D eigenvalue weighted by Gasteiger charge is -2.10. The molecule has 0 amide bonds. The van der Waals surface area contributed by atoms with Crippen LogP contribution in [0.2, 0.25) is 0 Å². The second-order valence-corrected chi connectivity index (χ2v) is 7.25. The van der Waals surface area contributed by atoms with Crippen molar-refractivity contribution in [2.45, 2.75) is 0 Å². The van der Waals surface area contributed by atoms with Crippen molar-refractivity contribution in [3.05, 3.63) is 84.4 Å². The van der Waals surface area contributed by atoms with Crippen LogP contribution >= 0.6 is 0 Å². The molecule has 0 unspecified atom stereocenters. The first-order valence-corrected chi connectivity index (χ1v) is 10.8. The Morgan fingerprint density at radius 3 is 2.00 bits per heavy atom. The maximum Gasteiger partial charge on any atom is 0.341 e. The van der Waals surface area contributed by atoms with E-state index < -0.39 is 12.6 Å². The number of nitrogens with zero attached hydrogens (tertiary/aromatic N) is 4. The van der Waals surface area contributed by atoms with Crippen LogP contribution < -0.4 is 25.5 Å². The Balaban J connectivity index is 1.52. The zero-order valence-electron chi connectivity index (χ0n) is 19.3. The number of nitrogens with one attached hydrogen (secondary N) is 3. The molecule has 0 saturated heterocycles. The molecule has 0 spiro atoms. The van der Waals surface area contributed by atoms with E-state index in [4.69, 9.17) is 14.6 Å². The van der Waals surface area contributed by atoms with Crippen molar-refractivity contribution in [1.29, 1.82) is 0 Å². The van der Waals surface area contributed by atoms with E-state index in [0.29, 0.717) is 29.0 Å². The first-order chi connectivity index (χ1) is 17.6. The highest BCUT2D eigenvalue weighted by Crippen LogP contribution is 2.27. The van der Waals surface area contributed by atoms with Crippen LogP contribution in [0, 0.1) is 0 Å². The van der Waals surface area contributed by atoms with Crippen molar-refractivity contribution in [3.63, 3.8) is 0 Å². The molecule has 0 radical (unpaired) electrons.